The van der Waals surface area contributed by atoms with E-state index in [0.29, 0.717) is 6.54 Å². The fraction of sp³-hybridized carbons (Fsp3) is 0.462. The van der Waals surface area contributed by atoms with E-state index in [4.69, 9.17) is 0 Å². The number of nitrogens with one attached hydrogen (secondary N) is 2. The molecule has 0 fully saturated rings. The van der Waals surface area contributed by atoms with Crippen molar-refractivity contribution in [2.75, 3.05) is 11.9 Å². The van der Waals surface area contributed by atoms with E-state index in [-0.39, 0.29) is 5.91 Å². The topological polar surface area (TPSA) is 41.1 Å². The lowest BCUT2D eigenvalue weighted by Gasteiger charge is -2.18. The standard InChI is InChI=1S/C13H15F3N2O/c1-8(6-13(14,15)16)18-12(19)10-7-17-11-5-3-2-4-9(10)11/h2-5,8,10,17H,6-7H2,1H3,(H,18,19). The van der Waals surface area contributed by atoms with Crippen LogP contribution < -0.4 is 10.6 Å². The van der Waals surface area contributed by atoms with Crippen LogP contribution in [0.25, 0.3) is 0 Å². The first-order valence-electron chi connectivity index (χ1n) is 6.07. The highest BCUT2D eigenvalue weighted by molar-refractivity contribution is 5.88. The molecule has 19 heavy (non-hydrogen) atoms. The summed E-state index contributed by atoms with van der Waals surface area (Å²) in [6, 6.07) is 6.40. The van der Waals surface area contributed by atoms with Gasteiger partial charge in [0.05, 0.1) is 12.3 Å². The molecule has 1 heterocycles. The van der Waals surface area contributed by atoms with Crippen LogP contribution in [0.15, 0.2) is 24.3 Å². The van der Waals surface area contributed by atoms with Gasteiger partial charge in [0.15, 0.2) is 0 Å². The van der Waals surface area contributed by atoms with Gasteiger partial charge in [-0.25, -0.2) is 0 Å². The molecule has 104 valence electrons. The summed E-state index contributed by atoms with van der Waals surface area (Å²) in [6.45, 7) is 1.78. The highest BCUT2D eigenvalue weighted by atomic mass is 19.4. The van der Waals surface area contributed by atoms with E-state index in [1.807, 2.05) is 24.3 Å². The van der Waals surface area contributed by atoms with E-state index < -0.39 is 24.6 Å². The molecule has 0 aliphatic carbocycles. The number of carbonyl (C=O) groups is 1. The molecule has 2 rings (SSSR count). The Bertz CT molecular complexity index is 473. The van der Waals surface area contributed by atoms with E-state index in [2.05, 4.69) is 10.6 Å². The van der Waals surface area contributed by atoms with Gasteiger partial charge in [-0.05, 0) is 18.6 Å². The average molecular weight is 272 g/mol. The van der Waals surface area contributed by atoms with Crippen LogP contribution in [0.4, 0.5) is 18.9 Å². The molecule has 2 unspecified atom stereocenters. The summed E-state index contributed by atoms with van der Waals surface area (Å²) >= 11 is 0. The SMILES string of the molecule is CC(CC(F)(F)F)NC(=O)C1CNc2ccccc21. The number of halogens is 3. The molecule has 1 aromatic rings. The summed E-state index contributed by atoms with van der Waals surface area (Å²) in [6.07, 6.45) is -5.28. The number of amides is 1. The molecule has 2 atom stereocenters. The minimum Gasteiger partial charge on any atom is -0.384 e. The van der Waals surface area contributed by atoms with Gasteiger partial charge in [-0.1, -0.05) is 18.2 Å². The Balaban J connectivity index is 1.99. The second-order valence-electron chi connectivity index (χ2n) is 4.75. The van der Waals surface area contributed by atoms with Crippen molar-refractivity contribution in [2.45, 2.75) is 31.5 Å². The number of rotatable bonds is 3. The Morgan fingerprint density at radius 1 is 1.47 bits per heavy atom. The molecule has 0 spiro atoms. The number of fused-ring (bicyclic) bond motifs is 1. The smallest absolute Gasteiger partial charge is 0.384 e. The van der Waals surface area contributed by atoms with Crippen LogP contribution in [0.3, 0.4) is 0 Å². The molecule has 2 N–H and O–H groups in total. The number of hydrogen-bond acceptors (Lipinski definition) is 2. The third-order valence-electron chi connectivity index (χ3n) is 3.08. The normalized spacial score (nSPS) is 19.5. The molecule has 1 aromatic carbocycles. The summed E-state index contributed by atoms with van der Waals surface area (Å²) in [5, 5.41) is 5.49. The first-order chi connectivity index (χ1) is 8.87. The van der Waals surface area contributed by atoms with Crippen LogP contribution in [-0.2, 0) is 4.79 Å². The third-order valence-corrected chi connectivity index (χ3v) is 3.08. The van der Waals surface area contributed by atoms with Crippen LogP contribution in [0.5, 0.6) is 0 Å². The number of hydrogen-bond donors (Lipinski definition) is 2. The Morgan fingerprint density at radius 3 is 2.84 bits per heavy atom. The number of para-hydroxylation sites is 1. The number of alkyl halides is 3. The van der Waals surface area contributed by atoms with Crippen LogP contribution in [0, 0.1) is 0 Å². The van der Waals surface area contributed by atoms with Crippen LogP contribution >= 0.6 is 0 Å². The van der Waals surface area contributed by atoms with Crippen LogP contribution in [-0.4, -0.2) is 24.7 Å². The Hall–Kier alpha value is -1.72. The predicted octanol–water partition coefficient (Wildman–Crippen LogP) is 2.65. The van der Waals surface area contributed by atoms with Crippen molar-refractivity contribution in [2.24, 2.45) is 0 Å². The van der Waals surface area contributed by atoms with Gasteiger partial charge in [-0.3, -0.25) is 4.79 Å². The average Bonchev–Trinajstić information content (AvgIpc) is 2.69. The van der Waals surface area contributed by atoms with E-state index in [1.54, 1.807) is 0 Å². The van der Waals surface area contributed by atoms with Crippen molar-refractivity contribution < 1.29 is 18.0 Å². The van der Waals surface area contributed by atoms with Gasteiger partial charge in [0, 0.05) is 18.3 Å². The molecular formula is C13H15F3N2O. The van der Waals surface area contributed by atoms with Gasteiger partial charge in [0.25, 0.3) is 0 Å². The van der Waals surface area contributed by atoms with E-state index in [9.17, 15) is 18.0 Å². The lowest BCUT2D eigenvalue weighted by atomic mass is 10.00. The third kappa shape index (κ3) is 3.39. The fourth-order valence-corrected chi connectivity index (χ4v) is 2.26. The van der Waals surface area contributed by atoms with Crippen molar-refractivity contribution in [3.8, 4) is 0 Å². The van der Waals surface area contributed by atoms with E-state index >= 15 is 0 Å². The number of anilines is 1. The second-order valence-corrected chi connectivity index (χ2v) is 4.75. The molecule has 1 aliphatic rings. The summed E-state index contributed by atoms with van der Waals surface area (Å²) in [5.74, 6) is -0.791. The monoisotopic (exact) mass is 272 g/mol. The second kappa shape index (κ2) is 5.11. The van der Waals surface area contributed by atoms with Gasteiger partial charge in [0.2, 0.25) is 5.91 Å². The summed E-state index contributed by atoms with van der Waals surface area (Å²) in [7, 11) is 0. The predicted molar refractivity (Wildman–Crippen MR) is 65.9 cm³/mol. The molecule has 1 amide bonds. The fourth-order valence-electron chi connectivity index (χ4n) is 2.26. The van der Waals surface area contributed by atoms with Gasteiger partial charge >= 0.3 is 6.18 Å². The minimum absolute atomic E-state index is 0.366. The molecule has 0 bridgehead atoms. The molecule has 1 aliphatic heterocycles. The van der Waals surface area contributed by atoms with Crippen molar-refractivity contribution >= 4 is 11.6 Å². The van der Waals surface area contributed by atoms with Crippen molar-refractivity contribution in [1.29, 1.82) is 0 Å². The quantitative estimate of drug-likeness (QED) is 0.888. The van der Waals surface area contributed by atoms with Crippen molar-refractivity contribution in [1.82, 2.24) is 5.32 Å². The molecule has 0 radical (unpaired) electrons. The zero-order valence-corrected chi connectivity index (χ0v) is 10.4. The maximum absolute atomic E-state index is 12.2. The van der Waals surface area contributed by atoms with Crippen LogP contribution in [0.1, 0.15) is 24.8 Å². The van der Waals surface area contributed by atoms with E-state index in [0.717, 1.165) is 11.3 Å². The number of benzene rings is 1. The van der Waals surface area contributed by atoms with Gasteiger partial charge in [-0.15, -0.1) is 0 Å². The maximum atomic E-state index is 12.2. The lowest BCUT2D eigenvalue weighted by Crippen LogP contribution is -2.39. The zero-order chi connectivity index (χ0) is 14.0. The lowest BCUT2D eigenvalue weighted by molar-refractivity contribution is -0.141. The minimum atomic E-state index is -4.27. The molecule has 0 saturated heterocycles. The van der Waals surface area contributed by atoms with Gasteiger partial charge in [-0.2, -0.15) is 13.2 Å². The Morgan fingerprint density at radius 2 is 2.16 bits per heavy atom. The molecule has 3 nitrogen and oxygen atoms in total. The highest BCUT2D eigenvalue weighted by Crippen LogP contribution is 2.31. The molecule has 0 saturated carbocycles. The molecule has 6 heteroatoms. The largest absolute Gasteiger partial charge is 0.391 e. The first-order valence-corrected chi connectivity index (χ1v) is 6.07. The molecule has 0 aromatic heterocycles. The summed E-state index contributed by atoms with van der Waals surface area (Å²) < 4.78 is 36.6. The van der Waals surface area contributed by atoms with Crippen molar-refractivity contribution in [3.63, 3.8) is 0 Å². The Labute approximate surface area is 109 Å². The Kier molecular flexibility index (Phi) is 3.68. The van der Waals surface area contributed by atoms with Crippen LogP contribution in [0.2, 0.25) is 0 Å². The molecular weight excluding hydrogens is 257 g/mol. The first kappa shape index (κ1) is 13.7. The van der Waals surface area contributed by atoms with Gasteiger partial charge < -0.3 is 10.6 Å². The van der Waals surface area contributed by atoms with E-state index in [1.165, 1.54) is 6.92 Å². The number of carbonyl (C=O) groups excluding carboxylic acids is 1. The van der Waals surface area contributed by atoms with Gasteiger partial charge in [0.1, 0.15) is 0 Å². The highest BCUT2D eigenvalue weighted by Gasteiger charge is 2.33. The summed E-state index contributed by atoms with van der Waals surface area (Å²) in [5.41, 5.74) is 1.70. The van der Waals surface area contributed by atoms with Crippen molar-refractivity contribution in [3.05, 3.63) is 29.8 Å². The summed E-state index contributed by atoms with van der Waals surface area (Å²) in [4.78, 5) is 12.0. The maximum Gasteiger partial charge on any atom is 0.391 e. The zero-order valence-electron chi connectivity index (χ0n) is 10.4.